The lowest BCUT2D eigenvalue weighted by atomic mass is 10.0. The van der Waals surface area contributed by atoms with Crippen LogP contribution in [0.25, 0.3) is 0 Å². The van der Waals surface area contributed by atoms with Gasteiger partial charge in [0.05, 0.1) is 11.9 Å². The maximum absolute atomic E-state index is 12.9. The SMILES string of the molecule is CCCn1ccnc1C(C)(O)c1ccc(F)cn1. The van der Waals surface area contributed by atoms with Gasteiger partial charge >= 0.3 is 0 Å². The predicted molar refractivity (Wildman–Crippen MR) is 65.4 cm³/mol. The van der Waals surface area contributed by atoms with Gasteiger partial charge in [-0.15, -0.1) is 0 Å². The average molecular weight is 249 g/mol. The lowest BCUT2D eigenvalue weighted by Crippen LogP contribution is -2.28. The molecule has 0 amide bonds. The van der Waals surface area contributed by atoms with E-state index in [9.17, 15) is 9.50 Å². The summed E-state index contributed by atoms with van der Waals surface area (Å²) in [6.45, 7) is 4.43. The topological polar surface area (TPSA) is 50.9 Å². The van der Waals surface area contributed by atoms with Crippen LogP contribution in [-0.4, -0.2) is 19.6 Å². The van der Waals surface area contributed by atoms with Crippen molar-refractivity contribution in [1.29, 1.82) is 0 Å². The van der Waals surface area contributed by atoms with E-state index in [1.165, 1.54) is 12.1 Å². The number of aryl methyl sites for hydroxylation is 1. The third kappa shape index (κ3) is 2.26. The van der Waals surface area contributed by atoms with Gasteiger partial charge < -0.3 is 9.67 Å². The van der Waals surface area contributed by atoms with Crippen LogP contribution >= 0.6 is 0 Å². The van der Waals surface area contributed by atoms with E-state index in [0.717, 1.165) is 19.2 Å². The smallest absolute Gasteiger partial charge is 0.161 e. The number of hydrogen-bond acceptors (Lipinski definition) is 3. The quantitative estimate of drug-likeness (QED) is 0.902. The molecule has 0 aliphatic rings. The fraction of sp³-hybridized carbons (Fsp3) is 0.385. The number of hydrogen-bond donors (Lipinski definition) is 1. The van der Waals surface area contributed by atoms with Crippen LogP contribution in [0.4, 0.5) is 4.39 Å². The molecule has 4 nitrogen and oxygen atoms in total. The van der Waals surface area contributed by atoms with Crippen molar-refractivity contribution < 1.29 is 9.50 Å². The molecule has 1 unspecified atom stereocenters. The zero-order chi connectivity index (χ0) is 13.2. The molecule has 18 heavy (non-hydrogen) atoms. The molecule has 0 radical (unpaired) electrons. The van der Waals surface area contributed by atoms with Crippen molar-refractivity contribution in [3.8, 4) is 0 Å². The Balaban J connectivity index is 2.40. The number of pyridine rings is 1. The van der Waals surface area contributed by atoms with Gasteiger partial charge in [0.25, 0.3) is 0 Å². The van der Waals surface area contributed by atoms with Crippen molar-refractivity contribution in [2.45, 2.75) is 32.4 Å². The Bertz CT molecular complexity index is 519. The second kappa shape index (κ2) is 4.86. The molecule has 2 aromatic heterocycles. The summed E-state index contributed by atoms with van der Waals surface area (Å²) < 4.78 is 14.7. The molecular weight excluding hydrogens is 233 g/mol. The Morgan fingerprint density at radius 3 is 2.78 bits per heavy atom. The first-order valence-electron chi connectivity index (χ1n) is 5.91. The van der Waals surface area contributed by atoms with E-state index in [0.29, 0.717) is 11.5 Å². The molecule has 1 atom stereocenters. The number of nitrogens with zero attached hydrogens (tertiary/aromatic N) is 3. The van der Waals surface area contributed by atoms with E-state index in [1.54, 1.807) is 13.1 Å². The van der Waals surface area contributed by atoms with Crippen LogP contribution in [0.5, 0.6) is 0 Å². The summed E-state index contributed by atoms with van der Waals surface area (Å²) in [5.41, 5.74) is -0.945. The van der Waals surface area contributed by atoms with Crippen LogP contribution in [0, 0.1) is 5.82 Å². The molecule has 2 aromatic rings. The molecule has 0 aliphatic carbocycles. The average Bonchev–Trinajstić information content (AvgIpc) is 2.79. The fourth-order valence-corrected chi connectivity index (χ4v) is 1.93. The van der Waals surface area contributed by atoms with Crippen LogP contribution < -0.4 is 0 Å². The Hall–Kier alpha value is -1.75. The molecule has 0 aliphatic heterocycles. The maximum Gasteiger partial charge on any atom is 0.161 e. The molecule has 5 heteroatoms. The van der Waals surface area contributed by atoms with Crippen LogP contribution in [0.3, 0.4) is 0 Å². The highest BCUT2D eigenvalue weighted by Gasteiger charge is 2.31. The van der Waals surface area contributed by atoms with Gasteiger partial charge in [0.1, 0.15) is 11.6 Å². The van der Waals surface area contributed by atoms with Gasteiger partial charge in [-0.3, -0.25) is 4.98 Å². The molecule has 0 saturated heterocycles. The minimum absolute atomic E-state index is 0.382. The minimum atomic E-state index is -1.33. The van der Waals surface area contributed by atoms with Gasteiger partial charge in [0.2, 0.25) is 0 Å². The summed E-state index contributed by atoms with van der Waals surface area (Å²) >= 11 is 0. The van der Waals surface area contributed by atoms with E-state index >= 15 is 0 Å². The molecule has 0 bridgehead atoms. The van der Waals surface area contributed by atoms with Crippen LogP contribution in [0.1, 0.15) is 31.8 Å². The highest BCUT2D eigenvalue weighted by molar-refractivity contribution is 5.22. The monoisotopic (exact) mass is 249 g/mol. The minimum Gasteiger partial charge on any atom is -0.376 e. The van der Waals surface area contributed by atoms with Crippen LogP contribution in [0.2, 0.25) is 0 Å². The summed E-state index contributed by atoms with van der Waals surface area (Å²) in [5, 5.41) is 10.6. The summed E-state index contributed by atoms with van der Waals surface area (Å²) in [4.78, 5) is 8.11. The van der Waals surface area contributed by atoms with Crippen molar-refractivity contribution in [2.24, 2.45) is 0 Å². The predicted octanol–water partition coefficient (Wildman–Crippen LogP) is 2.08. The molecule has 2 heterocycles. The van der Waals surface area contributed by atoms with Gasteiger partial charge in [0.15, 0.2) is 5.60 Å². The number of halogens is 1. The molecule has 0 saturated carbocycles. The second-order valence-electron chi connectivity index (χ2n) is 4.38. The highest BCUT2D eigenvalue weighted by atomic mass is 19.1. The van der Waals surface area contributed by atoms with E-state index < -0.39 is 11.4 Å². The first kappa shape index (κ1) is 12.7. The van der Waals surface area contributed by atoms with E-state index in [2.05, 4.69) is 16.9 Å². The van der Waals surface area contributed by atoms with Crippen molar-refractivity contribution >= 4 is 0 Å². The van der Waals surface area contributed by atoms with Crippen molar-refractivity contribution in [2.75, 3.05) is 0 Å². The van der Waals surface area contributed by atoms with Gasteiger partial charge in [-0.2, -0.15) is 0 Å². The molecule has 1 N–H and O–H groups in total. The normalized spacial score (nSPS) is 14.4. The van der Waals surface area contributed by atoms with Crippen molar-refractivity contribution in [1.82, 2.24) is 14.5 Å². The van der Waals surface area contributed by atoms with Gasteiger partial charge in [-0.25, -0.2) is 9.37 Å². The van der Waals surface area contributed by atoms with E-state index in [-0.39, 0.29) is 0 Å². The molecule has 0 spiro atoms. The Morgan fingerprint density at radius 1 is 1.39 bits per heavy atom. The molecule has 96 valence electrons. The van der Waals surface area contributed by atoms with E-state index in [4.69, 9.17) is 0 Å². The summed E-state index contributed by atoms with van der Waals surface area (Å²) in [6.07, 6.45) is 5.49. The molecule has 0 aromatic carbocycles. The lowest BCUT2D eigenvalue weighted by molar-refractivity contribution is 0.0831. The Labute approximate surface area is 105 Å². The zero-order valence-corrected chi connectivity index (χ0v) is 10.5. The van der Waals surface area contributed by atoms with Crippen molar-refractivity contribution in [3.63, 3.8) is 0 Å². The van der Waals surface area contributed by atoms with E-state index in [1.807, 2.05) is 10.8 Å². The summed E-state index contributed by atoms with van der Waals surface area (Å²) in [7, 11) is 0. The number of aromatic nitrogens is 3. The first-order chi connectivity index (χ1) is 8.55. The Morgan fingerprint density at radius 2 is 2.17 bits per heavy atom. The zero-order valence-electron chi connectivity index (χ0n) is 10.5. The fourth-order valence-electron chi connectivity index (χ4n) is 1.93. The summed E-state index contributed by atoms with van der Waals surface area (Å²) in [6, 6.07) is 2.75. The van der Waals surface area contributed by atoms with Gasteiger partial charge in [-0.05, 0) is 25.5 Å². The number of aliphatic hydroxyl groups is 1. The van der Waals surface area contributed by atoms with Crippen LogP contribution in [-0.2, 0) is 12.1 Å². The second-order valence-corrected chi connectivity index (χ2v) is 4.38. The number of rotatable bonds is 4. The molecular formula is C13H16FN3O. The third-order valence-corrected chi connectivity index (χ3v) is 2.84. The van der Waals surface area contributed by atoms with Crippen LogP contribution in [0.15, 0.2) is 30.7 Å². The lowest BCUT2D eigenvalue weighted by Gasteiger charge is -2.23. The standard InChI is InChI=1S/C13H16FN3O/c1-3-7-17-8-6-15-12(17)13(2,18)11-5-4-10(14)9-16-11/h4-6,8-9,18H,3,7H2,1-2H3. The first-order valence-corrected chi connectivity index (χ1v) is 5.91. The third-order valence-electron chi connectivity index (χ3n) is 2.84. The summed E-state index contributed by atoms with van der Waals surface area (Å²) in [5.74, 6) is 0.0925. The van der Waals surface area contributed by atoms with Gasteiger partial charge in [-0.1, -0.05) is 6.92 Å². The van der Waals surface area contributed by atoms with Gasteiger partial charge in [0, 0.05) is 18.9 Å². The molecule has 2 rings (SSSR count). The van der Waals surface area contributed by atoms with Crippen molar-refractivity contribution in [3.05, 3.63) is 48.1 Å². The Kier molecular flexibility index (Phi) is 3.43. The maximum atomic E-state index is 12.9. The number of imidazole rings is 1. The largest absolute Gasteiger partial charge is 0.376 e. The molecule has 0 fully saturated rings. The highest BCUT2D eigenvalue weighted by Crippen LogP contribution is 2.26.